The molecule has 1 N–H and O–H groups in total. The zero-order valence-electron chi connectivity index (χ0n) is 9.33. The third kappa shape index (κ3) is 1.58. The van der Waals surface area contributed by atoms with Gasteiger partial charge in [0.15, 0.2) is 5.65 Å². The van der Waals surface area contributed by atoms with E-state index in [1.54, 1.807) is 16.8 Å². The first kappa shape index (κ1) is 10.3. The predicted molar refractivity (Wildman–Crippen MR) is 61.2 cm³/mol. The van der Waals surface area contributed by atoms with Crippen LogP contribution in [-0.2, 0) is 0 Å². The SMILES string of the molecule is O=C(O)c1cnc2ccnn2c1C1CCCC1. The van der Waals surface area contributed by atoms with Gasteiger partial charge >= 0.3 is 5.97 Å². The van der Waals surface area contributed by atoms with Crippen LogP contribution in [0.2, 0.25) is 0 Å². The van der Waals surface area contributed by atoms with Crippen molar-refractivity contribution in [3.05, 3.63) is 29.7 Å². The molecule has 17 heavy (non-hydrogen) atoms. The molecule has 0 amide bonds. The summed E-state index contributed by atoms with van der Waals surface area (Å²) in [5.74, 6) is -0.622. The van der Waals surface area contributed by atoms with Crippen LogP contribution in [0, 0.1) is 0 Å². The lowest BCUT2D eigenvalue weighted by Gasteiger charge is -2.14. The molecule has 3 rings (SSSR count). The number of carboxylic acids is 1. The molecule has 1 aliphatic rings. The summed E-state index contributed by atoms with van der Waals surface area (Å²) in [5.41, 5.74) is 1.81. The molecule has 1 fully saturated rings. The van der Waals surface area contributed by atoms with E-state index in [2.05, 4.69) is 10.1 Å². The molecule has 5 nitrogen and oxygen atoms in total. The molecule has 0 aromatic carbocycles. The monoisotopic (exact) mass is 231 g/mol. The largest absolute Gasteiger partial charge is 0.478 e. The molecule has 0 bridgehead atoms. The van der Waals surface area contributed by atoms with Crippen LogP contribution >= 0.6 is 0 Å². The van der Waals surface area contributed by atoms with Crippen LogP contribution in [0.5, 0.6) is 0 Å². The Labute approximate surface area is 98.1 Å². The summed E-state index contributed by atoms with van der Waals surface area (Å²) >= 11 is 0. The normalized spacial score (nSPS) is 16.7. The topological polar surface area (TPSA) is 67.5 Å². The summed E-state index contributed by atoms with van der Waals surface area (Å²) in [5, 5.41) is 13.4. The van der Waals surface area contributed by atoms with Crippen LogP contribution < -0.4 is 0 Å². The zero-order valence-corrected chi connectivity index (χ0v) is 9.33. The molecule has 0 unspecified atom stereocenters. The zero-order chi connectivity index (χ0) is 11.8. The van der Waals surface area contributed by atoms with Gasteiger partial charge in [0, 0.05) is 18.2 Å². The molecule has 0 atom stereocenters. The third-order valence-electron chi connectivity index (χ3n) is 3.43. The average Bonchev–Trinajstić information content (AvgIpc) is 2.98. The summed E-state index contributed by atoms with van der Waals surface area (Å²) in [6.07, 6.45) is 7.52. The molecule has 1 saturated carbocycles. The molecule has 0 aliphatic heterocycles. The van der Waals surface area contributed by atoms with E-state index < -0.39 is 5.97 Å². The summed E-state index contributed by atoms with van der Waals surface area (Å²) in [6, 6.07) is 1.80. The first-order valence-electron chi connectivity index (χ1n) is 5.83. The second-order valence-corrected chi connectivity index (χ2v) is 4.44. The first-order chi connectivity index (χ1) is 8.27. The lowest BCUT2D eigenvalue weighted by atomic mass is 9.99. The van der Waals surface area contributed by atoms with Gasteiger partial charge in [0.05, 0.1) is 17.5 Å². The highest BCUT2D eigenvalue weighted by atomic mass is 16.4. The fraction of sp³-hybridized carbons (Fsp3) is 0.417. The summed E-state index contributed by atoms with van der Waals surface area (Å²) in [6.45, 7) is 0. The smallest absolute Gasteiger partial charge is 0.339 e. The molecule has 2 aromatic heterocycles. The number of rotatable bonds is 2. The number of aromatic nitrogens is 3. The lowest BCUT2D eigenvalue weighted by Crippen LogP contribution is -2.13. The Morgan fingerprint density at radius 1 is 1.41 bits per heavy atom. The molecular formula is C12H13N3O2. The second-order valence-electron chi connectivity index (χ2n) is 4.44. The molecule has 2 heterocycles. The fourth-order valence-corrected chi connectivity index (χ4v) is 2.65. The molecule has 0 saturated heterocycles. The predicted octanol–water partition coefficient (Wildman–Crippen LogP) is 2.09. The minimum Gasteiger partial charge on any atom is -0.478 e. The summed E-state index contributed by atoms with van der Waals surface area (Å²) in [4.78, 5) is 15.4. The van der Waals surface area contributed by atoms with Crippen molar-refractivity contribution in [2.75, 3.05) is 0 Å². The van der Waals surface area contributed by atoms with Crippen molar-refractivity contribution >= 4 is 11.6 Å². The standard InChI is InChI=1S/C12H13N3O2/c16-12(17)9-7-13-10-5-6-14-15(10)11(9)8-3-1-2-4-8/h5-8H,1-4H2,(H,16,17). The highest BCUT2D eigenvalue weighted by Crippen LogP contribution is 2.35. The Morgan fingerprint density at radius 2 is 2.18 bits per heavy atom. The number of nitrogens with zero attached hydrogens (tertiary/aromatic N) is 3. The summed E-state index contributed by atoms with van der Waals surface area (Å²) < 4.78 is 1.68. The quantitative estimate of drug-likeness (QED) is 0.859. The summed E-state index contributed by atoms with van der Waals surface area (Å²) in [7, 11) is 0. The van der Waals surface area contributed by atoms with Gasteiger partial charge in [-0.25, -0.2) is 14.3 Å². The van der Waals surface area contributed by atoms with Crippen molar-refractivity contribution in [3.63, 3.8) is 0 Å². The number of hydrogen-bond donors (Lipinski definition) is 1. The van der Waals surface area contributed by atoms with E-state index in [9.17, 15) is 9.90 Å². The maximum absolute atomic E-state index is 11.3. The number of fused-ring (bicyclic) bond motifs is 1. The van der Waals surface area contributed by atoms with Gasteiger partial charge in [0.2, 0.25) is 0 Å². The van der Waals surface area contributed by atoms with Crippen molar-refractivity contribution < 1.29 is 9.90 Å². The van der Waals surface area contributed by atoms with Gasteiger partial charge in [0.25, 0.3) is 0 Å². The van der Waals surface area contributed by atoms with Crippen LogP contribution in [-0.4, -0.2) is 25.7 Å². The van der Waals surface area contributed by atoms with Crippen LogP contribution in [0.4, 0.5) is 0 Å². The minimum atomic E-state index is -0.920. The van der Waals surface area contributed by atoms with Crippen molar-refractivity contribution in [2.45, 2.75) is 31.6 Å². The Bertz CT molecular complexity index is 570. The molecule has 1 aliphatic carbocycles. The molecule has 0 spiro atoms. The van der Waals surface area contributed by atoms with Gasteiger partial charge in [0.1, 0.15) is 0 Å². The van der Waals surface area contributed by atoms with Crippen molar-refractivity contribution in [2.24, 2.45) is 0 Å². The van der Waals surface area contributed by atoms with Gasteiger partial charge in [-0.05, 0) is 12.8 Å². The first-order valence-corrected chi connectivity index (χ1v) is 5.83. The Kier molecular flexibility index (Phi) is 2.31. The molecule has 88 valence electrons. The molecular weight excluding hydrogens is 218 g/mol. The Hall–Kier alpha value is -1.91. The maximum Gasteiger partial charge on any atom is 0.339 e. The van der Waals surface area contributed by atoms with E-state index >= 15 is 0 Å². The van der Waals surface area contributed by atoms with E-state index in [0.717, 1.165) is 37.0 Å². The van der Waals surface area contributed by atoms with Gasteiger partial charge in [-0.1, -0.05) is 12.8 Å². The second kappa shape index (κ2) is 3.84. The highest BCUT2D eigenvalue weighted by molar-refractivity contribution is 5.89. The molecule has 0 radical (unpaired) electrons. The van der Waals surface area contributed by atoms with Gasteiger partial charge in [-0.2, -0.15) is 5.10 Å². The molecule has 5 heteroatoms. The lowest BCUT2D eigenvalue weighted by molar-refractivity contribution is 0.0693. The van der Waals surface area contributed by atoms with E-state index in [1.807, 2.05) is 0 Å². The van der Waals surface area contributed by atoms with Gasteiger partial charge in [-0.3, -0.25) is 0 Å². The van der Waals surface area contributed by atoms with E-state index in [-0.39, 0.29) is 5.56 Å². The van der Waals surface area contributed by atoms with E-state index in [0.29, 0.717) is 5.92 Å². The number of hydrogen-bond acceptors (Lipinski definition) is 3. The Balaban J connectivity index is 2.25. The highest BCUT2D eigenvalue weighted by Gasteiger charge is 2.26. The minimum absolute atomic E-state index is 0.285. The van der Waals surface area contributed by atoms with E-state index in [1.165, 1.54) is 6.20 Å². The van der Waals surface area contributed by atoms with Crippen LogP contribution in [0.3, 0.4) is 0 Å². The van der Waals surface area contributed by atoms with Crippen LogP contribution in [0.25, 0.3) is 5.65 Å². The average molecular weight is 231 g/mol. The van der Waals surface area contributed by atoms with Gasteiger partial charge < -0.3 is 5.11 Å². The fourth-order valence-electron chi connectivity index (χ4n) is 2.65. The number of carboxylic acid groups (broad SMARTS) is 1. The number of carbonyl (C=O) groups is 1. The van der Waals surface area contributed by atoms with E-state index in [4.69, 9.17) is 0 Å². The van der Waals surface area contributed by atoms with Crippen LogP contribution in [0.1, 0.15) is 47.7 Å². The van der Waals surface area contributed by atoms with Crippen LogP contribution in [0.15, 0.2) is 18.5 Å². The van der Waals surface area contributed by atoms with Crippen molar-refractivity contribution in [1.29, 1.82) is 0 Å². The van der Waals surface area contributed by atoms with Gasteiger partial charge in [-0.15, -0.1) is 0 Å². The number of aromatic carboxylic acids is 1. The molecule has 2 aromatic rings. The van der Waals surface area contributed by atoms with Crippen molar-refractivity contribution in [1.82, 2.24) is 14.6 Å². The third-order valence-corrected chi connectivity index (χ3v) is 3.43. The Morgan fingerprint density at radius 3 is 2.88 bits per heavy atom. The maximum atomic E-state index is 11.3. The van der Waals surface area contributed by atoms with Crippen molar-refractivity contribution in [3.8, 4) is 0 Å².